The number of fused-ring (bicyclic) bond motifs is 1. The van der Waals surface area contributed by atoms with Crippen molar-refractivity contribution in [2.24, 2.45) is 0 Å². The Morgan fingerprint density at radius 1 is 1.00 bits per heavy atom. The number of aromatic hydroxyl groups is 1. The highest BCUT2D eigenvalue weighted by atomic mass is 16.6. The molecular formula is C27H31N5O7. The lowest BCUT2D eigenvalue weighted by Crippen LogP contribution is -2.33. The summed E-state index contributed by atoms with van der Waals surface area (Å²) in [6.45, 7) is 0.360. The van der Waals surface area contributed by atoms with Crippen LogP contribution in [0.15, 0.2) is 54.9 Å². The quantitative estimate of drug-likeness (QED) is 0.153. The van der Waals surface area contributed by atoms with Gasteiger partial charge < -0.3 is 40.3 Å². The van der Waals surface area contributed by atoms with E-state index in [9.17, 15) is 20.4 Å². The molecule has 12 heteroatoms. The number of nitrogens with one attached hydrogen (secondary N) is 1. The van der Waals surface area contributed by atoms with Gasteiger partial charge >= 0.3 is 0 Å². The van der Waals surface area contributed by atoms with E-state index < -0.39 is 31.1 Å². The van der Waals surface area contributed by atoms with Crippen molar-refractivity contribution in [3.63, 3.8) is 0 Å². The number of nitrogens with zero attached hydrogens (tertiary/aromatic N) is 4. The second-order valence-corrected chi connectivity index (χ2v) is 9.23. The maximum Gasteiger partial charge on any atom is 0.243 e. The number of aromatic nitrogens is 4. The minimum atomic E-state index is -1.37. The van der Waals surface area contributed by atoms with Crippen LogP contribution in [0, 0.1) is 0 Å². The van der Waals surface area contributed by atoms with Crippen molar-refractivity contribution in [1.82, 2.24) is 19.5 Å². The van der Waals surface area contributed by atoms with Crippen LogP contribution in [0.4, 0.5) is 5.95 Å². The molecule has 2 aromatic heterocycles. The van der Waals surface area contributed by atoms with E-state index in [0.717, 1.165) is 23.0 Å². The molecule has 1 fully saturated rings. The highest BCUT2D eigenvalue weighted by Crippen LogP contribution is 2.36. The predicted molar refractivity (Wildman–Crippen MR) is 141 cm³/mol. The summed E-state index contributed by atoms with van der Waals surface area (Å²) in [7, 11) is 0. The highest BCUT2D eigenvalue weighted by molar-refractivity contribution is 5.79. The first kappa shape index (κ1) is 26.8. The van der Waals surface area contributed by atoms with Gasteiger partial charge in [0.25, 0.3) is 0 Å². The minimum absolute atomic E-state index is 0.0880. The van der Waals surface area contributed by atoms with Crippen molar-refractivity contribution >= 4 is 17.1 Å². The average molecular weight is 538 g/mol. The normalized spacial score (nSPS) is 20.9. The van der Waals surface area contributed by atoms with E-state index in [0.29, 0.717) is 25.2 Å². The number of anilines is 1. The van der Waals surface area contributed by atoms with Crippen LogP contribution in [0.3, 0.4) is 0 Å². The molecule has 12 nitrogen and oxygen atoms in total. The van der Waals surface area contributed by atoms with E-state index in [-0.39, 0.29) is 36.1 Å². The Morgan fingerprint density at radius 2 is 1.82 bits per heavy atom. The Kier molecular flexibility index (Phi) is 8.19. The van der Waals surface area contributed by atoms with Gasteiger partial charge in [-0.05, 0) is 30.0 Å². The van der Waals surface area contributed by atoms with Crippen molar-refractivity contribution < 1.29 is 35.0 Å². The van der Waals surface area contributed by atoms with E-state index in [1.165, 1.54) is 4.57 Å². The van der Waals surface area contributed by atoms with E-state index >= 15 is 0 Å². The molecule has 0 radical (unpaired) electrons. The van der Waals surface area contributed by atoms with Gasteiger partial charge in [0.15, 0.2) is 17.4 Å². The summed E-state index contributed by atoms with van der Waals surface area (Å²) in [6.07, 6.45) is -2.30. The number of hydrogen-bond acceptors (Lipinski definition) is 11. The van der Waals surface area contributed by atoms with Gasteiger partial charge in [-0.3, -0.25) is 4.57 Å². The fourth-order valence-corrected chi connectivity index (χ4v) is 4.59. The number of aliphatic hydroxyl groups is 4. The van der Waals surface area contributed by atoms with Gasteiger partial charge in [-0.1, -0.05) is 42.5 Å². The molecule has 4 aromatic rings. The third-order valence-electron chi connectivity index (χ3n) is 6.62. The topological polar surface area (TPSA) is 175 Å². The number of rotatable bonds is 11. The van der Waals surface area contributed by atoms with Gasteiger partial charge in [-0.25, -0.2) is 9.97 Å². The van der Waals surface area contributed by atoms with E-state index in [1.54, 1.807) is 0 Å². The van der Waals surface area contributed by atoms with Crippen LogP contribution < -0.4 is 10.1 Å². The minimum Gasteiger partial charge on any atom is -0.493 e. The Bertz CT molecular complexity index is 1400. The van der Waals surface area contributed by atoms with Gasteiger partial charge in [0, 0.05) is 18.7 Å². The van der Waals surface area contributed by atoms with Crippen LogP contribution in [-0.2, 0) is 11.3 Å². The van der Waals surface area contributed by atoms with Crippen LogP contribution in [0.5, 0.6) is 11.6 Å². The molecule has 0 aliphatic carbocycles. The lowest BCUT2D eigenvalue weighted by Gasteiger charge is -2.20. The lowest BCUT2D eigenvalue weighted by atomic mass is 10.0. The zero-order chi connectivity index (χ0) is 27.4. The van der Waals surface area contributed by atoms with E-state index in [2.05, 4.69) is 20.3 Å². The van der Waals surface area contributed by atoms with E-state index in [1.807, 2.05) is 48.5 Å². The van der Waals surface area contributed by atoms with Crippen molar-refractivity contribution in [3.8, 4) is 22.8 Å². The summed E-state index contributed by atoms with van der Waals surface area (Å²) in [5.74, 6) is 0.562. The van der Waals surface area contributed by atoms with Gasteiger partial charge in [0.1, 0.15) is 30.4 Å². The molecule has 5 rings (SSSR count). The Hall–Kier alpha value is -3.81. The Morgan fingerprint density at radius 3 is 2.56 bits per heavy atom. The van der Waals surface area contributed by atoms with Crippen molar-refractivity contribution in [2.45, 2.75) is 43.9 Å². The number of ether oxygens (including phenoxy) is 2. The fourth-order valence-electron chi connectivity index (χ4n) is 4.59. The maximum atomic E-state index is 10.7. The molecule has 1 saturated heterocycles. The molecule has 0 spiro atoms. The SMILES string of the molecule is OCCCCOc1cc(CNc2nc3c(O)ncnc3n2[C@@H]2O[C@H](CO)C(O)C2O)ccc1-c1ccccc1. The molecule has 4 atom stereocenters. The smallest absolute Gasteiger partial charge is 0.243 e. The first-order valence-electron chi connectivity index (χ1n) is 12.7. The monoisotopic (exact) mass is 537 g/mol. The molecule has 6 N–H and O–H groups in total. The largest absolute Gasteiger partial charge is 0.493 e. The second-order valence-electron chi connectivity index (χ2n) is 9.23. The highest BCUT2D eigenvalue weighted by Gasteiger charge is 2.45. The Balaban J connectivity index is 1.44. The zero-order valence-corrected chi connectivity index (χ0v) is 21.1. The zero-order valence-electron chi connectivity index (χ0n) is 21.1. The third-order valence-corrected chi connectivity index (χ3v) is 6.62. The number of benzene rings is 2. The fraction of sp³-hybridized carbons (Fsp3) is 0.370. The second kappa shape index (κ2) is 11.9. The van der Waals surface area contributed by atoms with Crippen LogP contribution in [-0.4, -0.2) is 83.2 Å². The Labute approximate surface area is 224 Å². The van der Waals surface area contributed by atoms with Crippen molar-refractivity contribution in [1.29, 1.82) is 0 Å². The van der Waals surface area contributed by atoms with Crippen LogP contribution in [0.25, 0.3) is 22.3 Å². The molecule has 0 amide bonds. The summed E-state index contributed by atoms with van der Waals surface area (Å²) in [5.41, 5.74) is 3.08. The van der Waals surface area contributed by atoms with Gasteiger partial charge in [0.2, 0.25) is 11.8 Å². The number of hydrogen-bond donors (Lipinski definition) is 6. The van der Waals surface area contributed by atoms with Gasteiger partial charge in [0.05, 0.1) is 13.2 Å². The van der Waals surface area contributed by atoms with E-state index in [4.69, 9.17) is 14.6 Å². The summed E-state index contributed by atoms with van der Waals surface area (Å²) in [6, 6.07) is 15.7. The molecule has 0 saturated carbocycles. The molecular weight excluding hydrogens is 506 g/mol. The molecule has 2 aromatic carbocycles. The van der Waals surface area contributed by atoms with Crippen LogP contribution in [0.2, 0.25) is 0 Å². The molecule has 1 aliphatic rings. The number of aliphatic hydroxyl groups excluding tert-OH is 4. The molecule has 1 aliphatic heterocycles. The summed E-state index contributed by atoms with van der Waals surface area (Å²) in [4.78, 5) is 12.4. The number of unbranched alkanes of at least 4 members (excludes halogenated alkanes) is 1. The molecule has 2 unspecified atom stereocenters. The van der Waals surface area contributed by atoms with Crippen molar-refractivity contribution in [3.05, 3.63) is 60.4 Å². The van der Waals surface area contributed by atoms with Gasteiger partial charge in [-0.2, -0.15) is 4.98 Å². The summed E-state index contributed by atoms with van der Waals surface area (Å²) in [5, 5.41) is 53.1. The molecule has 206 valence electrons. The molecule has 3 heterocycles. The third kappa shape index (κ3) is 5.51. The molecule has 0 bridgehead atoms. The summed E-state index contributed by atoms with van der Waals surface area (Å²) >= 11 is 0. The maximum absolute atomic E-state index is 10.7. The van der Waals surface area contributed by atoms with Crippen molar-refractivity contribution in [2.75, 3.05) is 25.1 Å². The molecule has 39 heavy (non-hydrogen) atoms. The average Bonchev–Trinajstić information content (AvgIpc) is 3.47. The lowest BCUT2D eigenvalue weighted by molar-refractivity contribution is -0.0501. The predicted octanol–water partition coefficient (Wildman–Crippen LogP) is 1.57. The number of imidazole rings is 1. The van der Waals surface area contributed by atoms with Crippen LogP contribution in [0.1, 0.15) is 24.6 Å². The first-order chi connectivity index (χ1) is 19.0. The standard InChI is InChI=1S/C27H31N5O7/c33-10-4-5-11-38-19-12-16(8-9-18(19)17-6-2-1-3-7-17)13-28-27-31-21-24(29-15-30-25(21)37)32(27)26-23(36)22(35)20(14-34)39-26/h1-3,6-9,12,15,20,22-23,26,33-36H,4-5,10-11,13-14H2,(H,28,31)(H,29,30,37)/t20-,22?,23?,26-/m1/s1. The van der Waals surface area contributed by atoms with Gasteiger partial charge in [-0.15, -0.1) is 0 Å². The van der Waals surface area contributed by atoms with Crippen LogP contribution >= 0.6 is 0 Å². The first-order valence-corrected chi connectivity index (χ1v) is 12.7. The summed E-state index contributed by atoms with van der Waals surface area (Å²) < 4.78 is 13.2.